The molecule has 0 fully saturated rings. The molecule has 7 heteroatoms. The summed E-state index contributed by atoms with van der Waals surface area (Å²) in [5, 5.41) is 16.0. The van der Waals surface area contributed by atoms with Gasteiger partial charge >= 0.3 is 0 Å². The number of hydrogen-bond acceptors (Lipinski definition) is 3. The molecule has 3 nitrogen and oxygen atoms in total. The summed E-state index contributed by atoms with van der Waals surface area (Å²) in [6, 6.07) is 14.4. The van der Waals surface area contributed by atoms with Crippen LogP contribution in [0.3, 0.4) is 0 Å². The molecule has 0 saturated carbocycles. The number of nitrogens with one attached hydrogen (secondary N) is 1. The molecule has 2 N–H and O–H groups in total. The first kappa shape index (κ1) is 19.3. The highest BCUT2D eigenvalue weighted by Crippen LogP contribution is 2.29. The second kappa shape index (κ2) is 8.06. The van der Waals surface area contributed by atoms with E-state index >= 15 is 0 Å². The summed E-state index contributed by atoms with van der Waals surface area (Å²) in [5.41, 5.74) is 2.95. The molecule has 0 atom stereocenters. The van der Waals surface area contributed by atoms with E-state index in [-0.39, 0.29) is 10.2 Å². The van der Waals surface area contributed by atoms with Crippen molar-refractivity contribution in [1.29, 1.82) is 0 Å². The third kappa shape index (κ3) is 4.12. The summed E-state index contributed by atoms with van der Waals surface area (Å²) in [7, 11) is 0. The molecule has 0 radical (unpaired) electrons. The Morgan fingerprint density at radius 1 is 1.04 bits per heavy atom. The smallest absolute Gasteiger partial charge is 0.147 e. The van der Waals surface area contributed by atoms with Crippen LogP contribution in [-0.4, -0.2) is 10.9 Å². The first-order valence-electron chi connectivity index (χ1n) is 7.90. The second-order valence-electron chi connectivity index (χ2n) is 5.83. The van der Waals surface area contributed by atoms with Gasteiger partial charge in [-0.05, 0) is 52.7 Å². The Balaban J connectivity index is 1.95. The minimum absolute atomic E-state index is 0.0190. The van der Waals surface area contributed by atoms with Gasteiger partial charge in [0, 0.05) is 22.9 Å². The Hall–Kier alpha value is -2.44. The molecule has 0 saturated heterocycles. The molecular weight excluding hydrogens is 438 g/mol. The molecule has 0 heterocycles. The maximum absolute atomic E-state index is 14.0. The van der Waals surface area contributed by atoms with Gasteiger partial charge in [-0.1, -0.05) is 41.0 Å². The lowest BCUT2D eigenvalue weighted by Gasteiger charge is -2.13. The summed E-state index contributed by atoms with van der Waals surface area (Å²) in [5.74, 6) is -1.20. The quantitative estimate of drug-likeness (QED) is 0.202. The lowest BCUT2D eigenvalue weighted by atomic mass is 9.98. The molecule has 138 valence electrons. The van der Waals surface area contributed by atoms with Crippen LogP contribution in [-0.2, 0) is 0 Å². The van der Waals surface area contributed by atoms with Crippen molar-refractivity contribution in [2.75, 3.05) is 5.32 Å². The zero-order valence-electron chi connectivity index (χ0n) is 14.1. The van der Waals surface area contributed by atoms with E-state index < -0.39 is 11.6 Å². The normalized spacial score (nSPS) is 11.5. The Morgan fingerprint density at radius 2 is 1.78 bits per heavy atom. The fraction of sp³-hybridized carbons (Fsp3) is 0.0500. The average Bonchev–Trinajstić information content (AvgIpc) is 2.63. The molecule has 0 amide bonds. The molecule has 0 spiro atoms. The van der Waals surface area contributed by atoms with Gasteiger partial charge in [0.25, 0.3) is 0 Å². The predicted octanol–water partition coefficient (Wildman–Crippen LogP) is 6.66. The van der Waals surface area contributed by atoms with Crippen LogP contribution in [0.4, 0.5) is 20.2 Å². The number of halogens is 4. The third-order valence-electron chi connectivity index (χ3n) is 4.01. The van der Waals surface area contributed by atoms with E-state index in [0.717, 1.165) is 23.3 Å². The summed E-state index contributed by atoms with van der Waals surface area (Å²) >= 11 is 9.30. The lowest BCUT2D eigenvalue weighted by molar-refractivity contribution is 0.319. The monoisotopic (exact) mass is 450 g/mol. The standard InChI is InChI=1S/C20H14BrClF2N2O/c1-11-4-2-3-5-13(11)20(26-27)14-7-6-12(8-16(14)22)25-19-10-17(23)15(21)9-18(19)24/h2-10,25,27H,1H3. The molecule has 0 aliphatic rings. The van der Waals surface area contributed by atoms with Crippen molar-refractivity contribution in [3.63, 3.8) is 0 Å². The molecule has 3 rings (SSSR count). The Labute approximate surface area is 168 Å². The first-order chi connectivity index (χ1) is 12.9. The Morgan fingerprint density at radius 3 is 2.44 bits per heavy atom. The maximum Gasteiger partial charge on any atom is 0.147 e. The molecule has 3 aromatic rings. The van der Waals surface area contributed by atoms with E-state index in [1.54, 1.807) is 18.2 Å². The van der Waals surface area contributed by atoms with E-state index in [0.29, 0.717) is 22.0 Å². The first-order valence-corrected chi connectivity index (χ1v) is 9.07. The second-order valence-corrected chi connectivity index (χ2v) is 7.09. The minimum atomic E-state index is -0.610. The van der Waals surface area contributed by atoms with Gasteiger partial charge in [0.15, 0.2) is 0 Å². The van der Waals surface area contributed by atoms with E-state index in [1.807, 2.05) is 31.2 Å². The predicted molar refractivity (Wildman–Crippen MR) is 107 cm³/mol. The minimum Gasteiger partial charge on any atom is -0.410 e. The van der Waals surface area contributed by atoms with Gasteiger partial charge in [-0.3, -0.25) is 0 Å². The van der Waals surface area contributed by atoms with E-state index in [4.69, 9.17) is 11.6 Å². The lowest BCUT2D eigenvalue weighted by Crippen LogP contribution is -2.07. The molecule has 0 aliphatic heterocycles. The highest BCUT2D eigenvalue weighted by molar-refractivity contribution is 9.10. The summed E-state index contributed by atoms with van der Waals surface area (Å²) in [4.78, 5) is 0. The molecule has 0 aromatic heterocycles. The van der Waals surface area contributed by atoms with Gasteiger partial charge in [-0.2, -0.15) is 0 Å². The molecule has 0 unspecified atom stereocenters. The third-order valence-corrected chi connectivity index (χ3v) is 4.93. The number of aryl methyl sites for hydroxylation is 1. The number of anilines is 2. The summed E-state index contributed by atoms with van der Waals surface area (Å²) < 4.78 is 27.7. The van der Waals surface area contributed by atoms with Crippen LogP contribution >= 0.6 is 27.5 Å². The highest BCUT2D eigenvalue weighted by atomic mass is 79.9. The van der Waals surface area contributed by atoms with Gasteiger partial charge in [-0.15, -0.1) is 0 Å². The molecule has 27 heavy (non-hydrogen) atoms. The van der Waals surface area contributed by atoms with Gasteiger partial charge in [0.05, 0.1) is 15.2 Å². The highest BCUT2D eigenvalue weighted by Gasteiger charge is 2.15. The fourth-order valence-corrected chi connectivity index (χ4v) is 3.24. The Kier molecular flexibility index (Phi) is 5.77. The van der Waals surface area contributed by atoms with Crippen molar-refractivity contribution in [3.05, 3.63) is 92.4 Å². The number of benzene rings is 3. The average molecular weight is 452 g/mol. The largest absolute Gasteiger partial charge is 0.410 e. The van der Waals surface area contributed by atoms with Gasteiger partial charge in [0.1, 0.15) is 17.3 Å². The number of oxime groups is 1. The molecule has 0 bridgehead atoms. The van der Waals surface area contributed by atoms with Crippen LogP contribution in [0.5, 0.6) is 0 Å². The van der Waals surface area contributed by atoms with Crippen LogP contribution in [0.1, 0.15) is 16.7 Å². The number of rotatable bonds is 4. The van der Waals surface area contributed by atoms with Crippen LogP contribution < -0.4 is 5.32 Å². The summed E-state index contributed by atoms with van der Waals surface area (Å²) in [6.45, 7) is 1.90. The zero-order chi connectivity index (χ0) is 19.6. The van der Waals surface area contributed by atoms with Gasteiger partial charge < -0.3 is 10.5 Å². The van der Waals surface area contributed by atoms with E-state index in [2.05, 4.69) is 26.4 Å². The summed E-state index contributed by atoms with van der Waals surface area (Å²) in [6.07, 6.45) is 0. The van der Waals surface area contributed by atoms with E-state index in [1.165, 1.54) is 0 Å². The van der Waals surface area contributed by atoms with Crippen LogP contribution in [0, 0.1) is 18.6 Å². The molecule has 3 aromatic carbocycles. The maximum atomic E-state index is 14.0. The van der Waals surface area contributed by atoms with Crippen molar-refractivity contribution in [3.8, 4) is 0 Å². The van der Waals surface area contributed by atoms with Crippen molar-refractivity contribution in [2.24, 2.45) is 5.16 Å². The molecular formula is C20H14BrClF2N2O. The van der Waals surface area contributed by atoms with Crippen LogP contribution in [0.15, 0.2) is 64.2 Å². The fourth-order valence-electron chi connectivity index (χ4n) is 2.65. The topological polar surface area (TPSA) is 44.6 Å². The van der Waals surface area contributed by atoms with Crippen molar-refractivity contribution >= 4 is 44.6 Å². The Bertz CT molecular complexity index is 1040. The van der Waals surface area contributed by atoms with Gasteiger partial charge in [0.2, 0.25) is 0 Å². The van der Waals surface area contributed by atoms with Gasteiger partial charge in [-0.25, -0.2) is 8.78 Å². The van der Waals surface area contributed by atoms with Crippen molar-refractivity contribution in [1.82, 2.24) is 0 Å². The number of nitrogens with zero attached hydrogens (tertiary/aromatic N) is 1. The molecule has 0 aliphatic carbocycles. The van der Waals surface area contributed by atoms with Crippen molar-refractivity contribution < 1.29 is 14.0 Å². The number of hydrogen-bond donors (Lipinski definition) is 2. The van der Waals surface area contributed by atoms with Crippen LogP contribution in [0.25, 0.3) is 0 Å². The van der Waals surface area contributed by atoms with Crippen LogP contribution in [0.2, 0.25) is 5.02 Å². The van der Waals surface area contributed by atoms with Crippen molar-refractivity contribution in [2.45, 2.75) is 6.92 Å². The SMILES string of the molecule is Cc1ccccc1C(=NO)c1ccc(Nc2cc(F)c(Br)cc2F)cc1Cl. The zero-order valence-corrected chi connectivity index (χ0v) is 16.4. The van der Waals surface area contributed by atoms with E-state index in [9.17, 15) is 14.0 Å².